The van der Waals surface area contributed by atoms with E-state index < -0.39 is 0 Å². The van der Waals surface area contributed by atoms with E-state index in [0.717, 1.165) is 29.9 Å². The molecule has 3 heteroatoms. The highest BCUT2D eigenvalue weighted by molar-refractivity contribution is 5.49. The molecule has 21 heavy (non-hydrogen) atoms. The van der Waals surface area contributed by atoms with E-state index >= 15 is 0 Å². The lowest BCUT2D eigenvalue weighted by Crippen LogP contribution is -2.23. The zero-order valence-corrected chi connectivity index (χ0v) is 13.0. The Balaban J connectivity index is 2.24. The van der Waals surface area contributed by atoms with Gasteiger partial charge in [-0.1, -0.05) is 18.2 Å². The third-order valence-electron chi connectivity index (χ3n) is 3.60. The minimum Gasteiger partial charge on any atom is -0.367 e. The Morgan fingerprint density at radius 2 is 1.95 bits per heavy atom. The number of nitrogens with one attached hydrogen (secondary N) is 1. The van der Waals surface area contributed by atoms with Gasteiger partial charge in [0, 0.05) is 30.9 Å². The van der Waals surface area contributed by atoms with Crippen LogP contribution in [0.4, 0.5) is 10.1 Å². The molecule has 0 amide bonds. The maximum Gasteiger partial charge on any atom is 0.128 e. The molecule has 0 aliphatic heterocycles. The van der Waals surface area contributed by atoms with E-state index in [-0.39, 0.29) is 5.82 Å². The monoisotopic (exact) mass is 286 g/mol. The van der Waals surface area contributed by atoms with Crippen molar-refractivity contribution in [2.45, 2.75) is 26.9 Å². The molecule has 1 N–H and O–H groups in total. The van der Waals surface area contributed by atoms with Crippen LogP contribution in [-0.2, 0) is 13.1 Å². The first-order valence-corrected chi connectivity index (χ1v) is 7.37. The second-order valence-electron chi connectivity index (χ2n) is 5.31. The van der Waals surface area contributed by atoms with Crippen molar-refractivity contribution in [3.05, 3.63) is 65.0 Å². The quantitative estimate of drug-likeness (QED) is 0.867. The SMILES string of the molecule is CCN(Cc1cc(CNC)ccc1F)c1cccc(C)c1. The fourth-order valence-electron chi connectivity index (χ4n) is 2.48. The summed E-state index contributed by atoms with van der Waals surface area (Å²) < 4.78 is 14.1. The van der Waals surface area contributed by atoms with Crippen LogP contribution in [0.3, 0.4) is 0 Å². The molecule has 0 spiro atoms. The maximum absolute atomic E-state index is 14.1. The molecule has 2 aromatic rings. The van der Waals surface area contributed by atoms with E-state index in [2.05, 4.69) is 42.3 Å². The van der Waals surface area contributed by atoms with Crippen LogP contribution >= 0.6 is 0 Å². The molecular weight excluding hydrogens is 263 g/mol. The maximum atomic E-state index is 14.1. The average Bonchev–Trinajstić information content (AvgIpc) is 2.48. The number of benzene rings is 2. The molecule has 2 nitrogen and oxygen atoms in total. The van der Waals surface area contributed by atoms with Crippen LogP contribution in [0, 0.1) is 12.7 Å². The molecule has 0 saturated heterocycles. The summed E-state index contributed by atoms with van der Waals surface area (Å²) in [6.07, 6.45) is 0. The van der Waals surface area contributed by atoms with Crippen LogP contribution in [0.25, 0.3) is 0 Å². The minimum absolute atomic E-state index is 0.138. The van der Waals surface area contributed by atoms with Crippen LogP contribution in [0.1, 0.15) is 23.6 Å². The predicted molar refractivity (Wildman–Crippen MR) is 87.1 cm³/mol. The Morgan fingerprint density at radius 3 is 2.62 bits per heavy atom. The van der Waals surface area contributed by atoms with Crippen LogP contribution < -0.4 is 10.2 Å². The van der Waals surface area contributed by atoms with E-state index in [1.807, 2.05) is 25.2 Å². The minimum atomic E-state index is -0.138. The second kappa shape index (κ2) is 7.23. The van der Waals surface area contributed by atoms with E-state index in [1.165, 1.54) is 5.56 Å². The van der Waals surface area contributed by atoms with E-state index in [0.29, 0.717) is 6.54 Å². The first kappa shape index (κ1) is 15.5. The molecule has 112 valence electrons. The zero-order chi connectivity index (χ0) is 15.2. The fraction of sp³-hybridized carbons (Fsp3) is 0.333. The van der Waals surface area contributed by atoms with Crippen molar-refractivity contribution in [2.75, 3.05) is 18.5 Å². The summed E-state index contributed by atoms with van der Waals surface area (Å²) in [6, 6.07) is 13.7. The average molecular weight is 286 g/mol. The first-order valence-electron chi connectivity index (χ1n) is 7.37. The van der Waals surface area contributed by atoms with Gasteiger partial charge >= 0.3 is 0 Å². The summed E-state index contributed by atoms with van der Waals surface area (Å²) in [5.74, 6) is -0.138. The highest BCUT2D eigenvalue weighted by Gasteiger charge is 2.10. The largest absolute Gasteiger partial charge is 0.367 e. The van der Waals surface area contributed by atoms with Crippen LogP contribution in [0.2, 0.25) is 0 Å². The van der Waals surface area contributed by atoms with Gasteiger partial charge in [-0.3, -0.25) is 0 Å². The highest BCUT2D eigenvalue weighted by atomic mass is 19.1. The van der Waals surface area contributed by atoms with E-state index in [4.69, 9.17) is 0 Å². The lowest BCUT2D eigenvalue weighted by atomic mass is 10.1. The third-order valence-corrected chi connectivity index (χ3v) is 3.60. The van der Waals surface area contributed by atoms with Gasteiger partial charge < -0.3 is 10.2 Å². The zero-order valence-electron chi connectivity index (χ0n) is 13.0. The van der Waals surface area contributed by atoms with Gasteiger partial charge in [-0.2, -0.15) is 0 Å². The van der Waals surface area contributed by atoms with Gasteiger partial charge in [0.2, 0.25) is 0 Å². The summed E-state index contributed by atoms with van der Waals surface area (Å²) in [6.45, 7) is 6.36. The first-order chi connectivity index (χ1) is 10.1. The Bertz CT molecular complexity index is 596. The molecule has 0 aliphatic carbocycles. The molecular formula is C18H23FN2. The molecule has 0 fully saturated rings. The van der Waals surface area contributed by atoms with Gasteiger partial charge in [0.05, 0.1) is 0 Å². The Morgan fingerprint density at radius 1 is 1.14 bits per heavy atom. The molecule has 0 radical (unpaired) electrons. The Kier molecular flexibility index (Phi) is 5.34. The summed E-state index contributed by atoms with van der Waals surface area (Å²) in [5.41, 5.74) is 4.20. The standard InChI is InChI=1S/C18H23FN2/c1-4-21(17-7-5-6-14(2)10-17)13-16-11-15(12-20-3)8-9-18(16)19/h5-11,20H,4,12-13H2,1-3H3. The van der Waals surface area contributed by atoms with Crippen molar-refractivity contribution in [3.8, 4) is 0 Å². The molecule has 0 aliphatic rings. The number of hydrogen-bond donors (Lipinski definition) is 1. The third kappa shape index (κ3) is 4.05. The van der Waals surface area contributed by atoms with Gasteiger partial charge in [-0.25, -0.2) is 4.39 Å². The van der Waals surface area contributed by atoms with E-state index in [9.17, 15) is 4.39 Å². The lowest BCUT2D eigenvalue weighted by molar-refractivity contribution is 0.603. The number of nitrogens with zero attached hydrogens (tertiary/aromatic N) is 1. The molecule has 2 rings (SSSR count). The van der Waals surface area contributed by atoms with Gasteiger partial charge in [0.1, 0.15) is 5.82 Å². The molecule has 0 unspecified atom stereocenters. The molecule has 0 aromatic heterocycles. The fourth-order valence-corrected chi connectivity index (χ4v) is 2.48. The number of hydrogen-bond acceptors (Lipinski definition) is 2. The molecule has 0 bridgehead atoms. The Labute approximate surface area is 126 Å². The number of rotatable bonds is 6. The Hall–Kier alpha value is -1.87. The summed E-state index contributed by atoms with van der Waals surface area (Å²) >= 11 is 0. The van der Waals surface area contributed by atoms with Gasteiger partial charge in [0.25, 0.3) is 0 Å². The van der Waals surface area contributed by atoms with Crippen molar-refractivity contribution >= 4 is 5.69 Å². The topological polar surface area (TPSA) is 15.3 Å². The summed E-state index contributed by atoms with van der Waals surface area (Å²) in [7, 11) is 1.90. The van der Waals surface area contributed by atoms with Gasteiger partial charge in [-0.15, -0.1) is 0 Å². The number of halogens is 1. The van der Waals surface area contributed by atoms with Gasteiger partial charge in [-0.05, 0) is 56.3 Å². The summed E-state index contributed by atoms with van der Waals surface area (Å²) in [4.78, 5) is 2.19. The van der Waals surface area contributed by atoms with Crippen molar-refractivity contribution in [1.29, 1.82) is 0 Å². The second-order valence-corrected chi connectivity index (χ2v) is 5.31. The molecule has 2 aromatic carbocycles. The smallest absolute Gasteiger partial charge is 0.128 e. The van der Waals surface area contributed by atoms with E-state index in [1.54, 1.807) is 6.07 Å². The van der Waals surface area contributed by atoms with Crippen LogP contribution in [0.15, 0.2) is 42.5 Å². The van der Waals surface area contributed by atoms with Crippen molar-refractivity contribution in [3.63, 3.8) is 0 Å². The van der Waals surface area contributed by atoms with Crippen molar-refractivity contribution < 1.29 is 4.39 Å². The molecule has 0 heterocycles. The predicted octanol–water partition coefficient (Wildman–Crippen LogP) is 3.88. The molecule has 0 atom stereocenters. The van der Waals surface area contributed by atoms with Gasteiger partial charge in [0.15, 0.2) is 0 Å². The summed E-state index contributed by atoms with van der Waals surface area (Å²) in [5, 5.41) is 3.10. The van der Waals surface area contributed by atoms with Crippen LogP contribution in [0.5, 0.6) is 0 Å². The van der Waals surface area contributed by atoms with Crippen LogP contribution in [-0.4, -0.2) is 13.6 Å². The van der Waals surface area contributed by atoms with Crippen molar-refractivity contribution in [1.82, 2.24) is 5.32 Å². The lowest BCUT2D eigenvalue weighted by Gasteiger charge is -2.24. The number of aryl methyl sites for hydroxylation is 1. The van der Waals surface area contributed by atoms with Crippen molar-refractivity contribution in [2.24, 2.45) is 0 Å². The number of anilines is 1. The normalized spacial score (nSPS) is 10.7. The highest BCUT2D eigenvalue weighted by Crippen LogP contribution is 2.20. The molecule has 0 saturated carbocycles.